The lowest BCUT2D eigenvalue weighted by Gasteiger charge is -2.29. The number of hydrogen-bond donors (Lipinski definition) is 1. The number of carboxylic acid groups (broad SMARTS) is 1. The summed E-state index contributed by atoms with van der Waals surface area (Å²) in [5, 5.41) is 14.5. The Labute approximate surface area is 123 Å². The highest BCUT2D eigenvalue weighted by molar-refractivity contribution is 6.01. The summed E-state index contributed by atoms with van der Waals surface area (Å²) >= 11 is 0. The first-order chi connectivity index (χ1) is 10.1. The lowest BCUT2D eigenvalue weighted by Crippen LogP contribution is -2.31. The number of piperidine rings is 1. The summed E-state index contributed by atoms with van der Waals surface area (Å²) in [6.45, 7) is 4.05. The first kappa shape index (κ1) is 14.0. The Morgan fingerprint density at radius 1 is 1.43 bits per heavy atom. The van der Waals surface area contributed by atoms with E-state index in [1.54, 1.807) is 12.3 Å². The third kappa shape index (κ3) is 2.51. The standard InChI is InChI=1S/C15H20N4O2/c1-3-10-8-12(15(20)21)13-9-16-19(14(13)17-10)11-4-6-18(2)7-5-11/h8-9,11H,3-7H2,1-2H3,(H,20,21). The number of aryl methyl sites for hydroxylation is 1. The molecule has 0 unspecified atom stereocenters. The van der Waals surface area contributed by atoms with Gasteiger partial charge in [-0.1, -0.05) is 6.92 Å². The van der Waals surface area contributed by atoms with Crippen LogP contribution in [0.4, 0.5) is 0 Å². The predicted octanol–water partition coefficient (Wildman–Crippen LogP) is 1.96. The number of aromatic nitrogens is 3. The molecule has 0 amide bonds. The van der Waals surface area contributed by atoms with Crippen LogP contribution in [0.5, 0.6) is 0 Å². The first-order valence-corrected chi connectivity index (χ1v) is 7.39. The molecule has 2 aromatic heterocycles. The molecule has 21 heavy (non-hydrogen) atoms. The highest BCUT2D eigenvalue weighted by Crippen LogP contribution is 2.27. The van der Waals surface area contributed by atoms with Gasteiger partial charge >= 0.3 is 5.97 Å². The molecule has 0 aromatic carbocycles. The van der Waals surface area contributed by atoms with Crippen molar-refractivity contribution in [2.24, 2.45) is 0 Å². The van der Waals surface area contributed by atoms with Crippen molar-refractivity contribution in [2.45, 2.75) is 32.2 Å². The fourth-order valence-electron chi connectivity index (χ4n) is 2.93. The summed E-state index contributed by atoms with van der Waals surface area (Å²) in [5.74, 6) is -0.917. The number of likely N-dealkylation sites (tertiary alicyclic amines) is 1. The summed E-state index contributed by atoms with van der Waals surface area (Å²) in [7, 11) is 2.12. The van der Waals surface area contributed by atoms with Gasteiger partial charge in [0.25, 0.3) is 0 Å². The van der Waals surface area contributed by atoms with E-state index in [1.165, 1.54) is 0 Å². The van der Waals surface area contributed by atoms with Crippen LogP contribution in [0, 0.1) is 0 Å². The zero-order valence-corrected chi connectivity index (χ0v) is 12.4. The molecule has 3 heterocycles. The van der Waals surface area contributed by atoms with Crippen molar-refractivity contribution < 1.29 is 9.90 Å². The van der Waals surface area contributed by atoms with Gasteiger partial charge in [0.1, 0.15) is 0 Å². The van der Waals surface area contributed by atoms with Gasteiger partial charge in [-0.05, 0) is 45.5 Å². The van der Waals surface area contributed by atoms with E-state index >= 15 is 0 Å². The molecule has 1 saturated heterocycles. The molecule has 112 valence electrons. The summed E-state index contributed by atoms with van der Waals surface area (Å²) in [6.07, 6.45) is 4.40. The quantitative estimate of drug-likeness (QED) is 0.934. The second kappa shape index (κ2) is 5.44. The molecule has 0 spiro atoms. The van der Waals surface area contributed by atoms with Crippen molar-refractivity contribution in [3.63, 3.8) is 0 Å². The molecule has 2 aromatic rings. The number of pyridine rings is 1. The van der Waals surface area contributed by atoms with Crippen molar-refractivity contribution in [3.8, 4) is 0 Å². The van der Waals surface area contributed by atoms with Crippen LogP contribution in [0.15, 0.2) is 12.3 Å². The SMILES string of the molecule is CCc1cc(C(=O)O)c2cnn(C3CCN(C)CC3)c2n1. The highest BCUT2D eigenvalue weighted by atomic mass is 16.4. The zero-order chi connectivity index (χ0) is 15.0. The molecule has 1 aliphatic heterocycles. The average molecular weight is 288 g/mol. The van der Waals surface area contributed by atoms with Gasteiger partial charge in [-0.3, -0.25) is 0 Å². The average Bonchev–Trinajstić information content (AvgIpc) is 2.90. The third-order valence-electron chi connectivity index (χ3n) is 4.25. The molecule has 0 aliphatic carbocycles. The molecular formula is C15H20N4O2. The van der Waals surface area contributed by atoms with Crippen LogP contribution in [0.1, 0.15) is 41.9 Å². The molecule has 6 heteroatoms. The Kier molecular flexibility index (Phi) is 3.63. The summed E-state index contributed by atoms with van der Waals surface area (Å²) in [5.41, 5.74) is 1.81. The molecule has 3 rings (SSSR count). The van der Waals surface area contributed by atoms with E-state index in [4.69, 9.17) is 0 Å². The lowest BCUT2D eigenvalue weighted by atomic mass is 10.1. The Morgan fingerprint density at radius 3 is 2.76 bits per heavy atom. The number of rotatable bonds is 3. The van der Waals surface area contributed by atoms with Gasteiger partial charge in [-0.15, -0.1) is 0 Å². The van der Waals surface area contributed by atoms with Crippen LogP contribution in [0.3, 0.4) is 0 Å². The second-order valence-electron chi connectivity index (χ2n) is 5.68. The fraction of sp³-hybridized carbons (Fsp3) is 0.533. The van der Waals surface area contributed by atoms with E-state index in [0.29, 0.717) is 22.6 Å². The van der Waals surface area contributed by atoms with E-state index in [2.05, 4.69) is 22.0 Å². The Balaban J connectivity index is 2.08. The second-order valence-corrected chi connectivity index (χ2v) is 5.68. The fourth-order valence-corrected chi connectivity index (χ4v) is 2.93. The van der Waals surface area contributed by atoms with Gasteiger partial charge < -0.3 is 10.0 Å². The van der Waals surface area contributed by atoms with Crippen molar-refractivity contribution in [2.75, 3.05) is 20.1 Å². The summed E-state index contributed by atoms with van der Waals surface area (Å²) < 4.78 is 1.92. The van der Waals surface area contributed by atoms with Crippen molar-refractivity contribution in [1.29, 1.82) is 0 Å². The summed E-state index contributed by atoms with van der Waals surface area (Å²) in [6, 6.07) is 1.96. The third-order valence-corrected chi connectivity index (χ3v) is 4.25. The molecular weight excluding hydrogens is 268 g/mol. The van der Waals surface area contributed by atoms with Crippen LogP contribution in [0.2, 0.25) is 0 Å². The topological polar surface area (TPSA) is 71.2 Å². The van der Waals surface area contributed by atoms with E-state index in [-0.39, 0.29) is 0 Å². The maximum Gasteiger partial charge on any atom is 0.336 e. The van der Waals surface area contributed by atoms with E-state index in [0.717, 1.165) is 38.0 Å². The molecule has 0 saturated carbocycles. The van der Waals surface area contributed by atoms with Crippen LogP contribution >= 0.6 is 0 Å². The van der Waals surface area contributed by atoms with E-state index in [1.807, 2.05) is 11.6 Å². The van der Waals surface area contributed by atoms with Crippen LogP contribution < -0.4 is 0 Å². The van der Waals surface area contributed by atoms with Crippen molar-refractivity contribution in [3.05, 3.63) is 23.5 Å². The van der Waals surface area contributed by atoms with Crippen LogP contribution in [0.25, 0.3) is 11.0 Å². The summed E-state index contributed by atoms with van der Waals surface area (Å²) in [4.78, 5) is 18.4. The molecule has 0 atom stereocenters. The smallest absolute Gasteiger partial charge is 0.336 e. The van der Waals surface area contributed by atoms with E-state index in [9.17, 15) is 9.90 Å². The van der Waals surface area contributed by atoms with Gasteiger partial charge in [0, 0.05) is 5.69 Å². The van der Waals surface area contributed by atoms with E-state index < -0.39 is 5.97 Å². The maximum atomic E-state index is 11.4. The normalized spacial score (nSPS) is 17.4. The number of aromatic carboxylic acids is 1. The highest BCUT2D eigenvalue weighted by Gasteiger charge is 2.23. The van der Waals surface area contributed by atoms with Gasteiger partial charge in [0.05, 0.1) is 23.2 Å². The maximum absolute atomic E-state index is 11.4. The molecule has 1 N–H and O–H groups in total. The van der Waals surface area contributed by atoms with Crippen LogP contribution in [-0.4, -0.2) is 50.9 Å². The predicted molar refractivity (Wildman–Crippen MR) is 79.6 cm³/mol. The van der Waals surface area contributed by atoms with Crippen molar-refractivity contribution >= 4 is 17.0 Å². The van der Waals surface area contributed by atoms with Gasteiger partial charge in [0.15, 0.2) is 5.65 Å². The Bertz CT molecular complexity index is 672. The molecule has 0 radical (unpaired) electrons. The van der Waals surface area contributed by atoms with Crippen LogP contribution in [-0.2, 0) is 6.42 Å². The molecule has 0 bridgehead atoms. The number of hydrogen-bond acceptors (Lipinski definition) is 4. The van der Waals surface area contributed by atoms with Gasteiger partial charge in [0.2, 0.25) is 0 Å². The molecule has 1 aliphatic rings. The number of nitrogens with zero attached hydrogens (tertiary/aromatic N) is 4. The minimum atomic E-state index is -0.917. The largest absolute Gasteiger partial charge is 0.478 e. The van der Waals surface area contributed by atoms with Gasteiger partial charge in [-0.25, -0.2) is 14.5 Å². The number of fused-ring (bicyclic) bond motifs is 1. The zero-order valence-electron chi connectivity index (χ0n) is 12.4. The molecule has 1 fully saturated rings. The number of carboxylic acids is 1. The monoisotopic (exact) mass is 288 g/mol. The minimum absolute atomic E-state index is 0.302. The van der Waals surface area contributed by atoms with Gasteiger partial charge in [-0.2, -0.15) is 5.10 Å². The number of carbonyl (C=O) groups is 1. The first-order valence-electron chi connectivity index (χ1n) is 7.39. The Hall–Kier alpha value is -1.95. The minimum Gasteiger partial charge on any atom is -0.478 e. The molecule has 6 nitrogen and oxygen atoms in total. The van der Waals surface area contributed by atoms with Crippen molar-refractivity contribution in [1.82, 2.24) is 19.7 Å². The lowest BCUT2D eigenvalue weighted by molar-refractivity contribution is 0.0699. The Morgan fingerprint density at radius 2 is 2.14 bits per heavy atom.